The zero-order valence-electron chi connectivity index (χ0n) is 7.85. The average molecular weight is 185 g/mol. The molecular formula is C11H11N3. The lowest BCUT2D eigenvalue weighted by molar-refractivity contribution is 0.794. The van der Waals surface area contributed by atoms with Crippen LogP contribution >= 0.6 is 0 Å². The van der Waals surface area contributed by atoms with Crippen molar-refractivity contribution in [3.05, 3.63) is 24.3 Å². The van der Waals surface area contributed by atoms with Gasteiger partial charge in [-0.2, -0.15) is 0 Å². The highest BCUT2D eigenvalue weighted by molar-refractivity contribution is 6.38. The molecule has 3 heteroatoms. The van der Waals surface area contributed by atoms with Crippen LogP contribution in [0.25, 0.3) is 0 Å². The molecule has 0 aliphatic carbocycles. The maximum absolute atomic E-state index is 4.44. The molecule has 0 saturated heterocycles. The van der Waals surface area contributed by atoms with Gasteiger partial charge >= 0.3 is 0 Å². The number of anilines is 1. The van der Waals surface area contributed by atoms with Crippen LogP contribution in [0.3, 0.4) is 0 Å². The Bertz CT molecular complexity index is 420. The van der Waals surface area contributed by atoms with Gasteiger partial charge in [0.2, 0.25) is 0 Å². The summed E-state index contributed by atoms with van der Waals surface area (Å²) < 4.78 is 0. The number of rotatable bonds is 0. The summed E-state index contributed by atoms with van der Waals surface area (Å²) in [4.78, 5) is 11.1. The molecule has 0 N–H and O–H groups in total. The highest BCUT2D eigenvalue weighted by Gasteiger charge is 2.20. The fraction of sp³-hybridized carbons (Fsp3) is 0.273. The second kappa shape index (κ2) is 2.94. The summed E-state index contributed by atoms with van der Waals surface area (Å²) in [6.07, 6.45) is 2.99. The first kappa shape index (κ1) is 7.74. The SMILES string of the molecule is C1=Nc2ccccc2N2CCCN=C12. The number of fused-ring (bicyclic) bond motifs is 3. The third kappa shape index (κ3) is 1.05. The molecule has 3 rings (SSSR count). The average Bonchev–Trinajstić information content (AvgIpc) is 2.29. The predicted molar refractivity (Wildman–Crippen MR) is 58.9 cm³/mol. The number of hydrogen-bond acceptors (Lipinski definition) is 3. The molecule has 70 valence electrons. The van der Waals surface area contributed by atoms with Gasteiger partial charge < -0.3 is 4.90 Å². The van der Waals surface area contributed by atoms with Gasteiger partial charge in [-0.1, -0.05) is 12.1 Å². The molecule has 1 aromatic rings. The van der Waals surface area contributed by atoms with Gasteiger partial charge in [-0.05, 0) is 18.6 Å². The Kier molecular flexibility index (Phi) is 1.63. The van der Waals surface area contributed by atoms with Crippen molar-refractivity contribution in [2.24, 2.45) is 9.98 Å². The lowest BCUT2D eigenvalue weighted by Crippen LogP contribution is -2.38. The first-order valence-corrected chi connectivity index (χ1v) is 4.90. The molecule has 0 aromatic heterocycles. The van der Waals surface area contributed by atoms with Crippen LogP contribution in [0.5, 0.6) is 0 Å². The third-order valence-corrected chi connectivity index (χ3v) is 2.58. The van der Waals surface area contributed by atoms with E-state index in [0.717, 1.165) is 31.0 Å². The van der Waals surface area contributed by atoms with E-state index in [4.69, 9.17) is 0 Å². The van der Waals surface area contributed by atoms with Gasteiger partial charge in [-0.15, -0.1) is 0 Å². The number of amidine groups is 1. The van der Waals surface area contributed by atoms with Gasteiger partial charge in [0.05, 0.1) is 17.6 Å². The summed E-state index contributed by atoms with van der Waals surface area (Å²) in [5.74, 6) is 1.01. The van der Waals surface area contributed by atoms with Gasteiger partial charge in [-0.25, -0.2) is 0 Å². The van der Waals surface area contributed by atoms with Crippen molar-refractivity contribution >= 4 is 23.4 Å². The summed E-state index contributed by atoms with van der Waals surface area (Å²) in [6, 6.07) is 8.21. The highest BCUT2D eigenvalue weighted by Crippen LogP contribution is 2.31. The molecular weight excluding hydrogens is 174 g/mol. The molecule has 0 saturated carbocycles. The van der Waals surface area contributed by atoms with Crippen LogP contribution in [0, 0.1) is 0 Å². The third-order valence-electron chi connectivity index (χ3n) is 2.58. The fourth-order valence-electron chi connectivity index (χ4n) is 1.91. The largest absolute Gasteiger partial charge is 0.323 e. The Labute approximate surface area is 82.8 Å². The maximum atomic E-state index is 4.44. The topological polar surface area (TPSA) is 28.0 Å². The van der Waals surface area contributed by atoms with Crippen LogP contribution in [0.1, 0.15) is 6.42 Å². The van der Waals surface area contributed by atoms with Crippen molar-refractivity contribution in [2.75, 3.05) is 18.0 Å². The molecule has 2 aliphatic heterocycles. The molecule has 3 nitrogen and oxygen atoms in total. The zero-order valence-corrected chi connectivity index (χ0v) is 7.85. The van der Waals surface area contributed by atoms with Crippen molar-refractivity contribution in [2.45, 2.75) is 6.42 Å². The van der Waals surface area contributed by atoms with Gasteiger partial charge in [0, 0.05) is 13.1 Å². The van der Waals surface area contributed by atoms with E-state index in [1.165, 1.54) is 5.69 Å². The second-order valence-corrected chi connectivity index (χ2v) is 3.49. The first-order chi connectivity index (χ1) is 6.95. The molecule has 2 aliphatic rings. The van der Waals surface area contributed by atoms with E-state index in [-0.39, 0.29) is 0 Å². The van der Waals surface area contributed by atoms with Crippen molar-refractivity contribution in [3.8, 4) is 0 Å². The molecule has 0 unspecified atom stereocenters. The summed E-state index contributed by atoms with van der Waals surface area (Å²) >= 11 is 0. The van der Waals surface area contributed by atoms with Crippen LogP contribution in [0.4, 0.5) is 11.4 Å². The Morgan fingerprint density at radius 2 is 2.14 bits per heavy atom. The molecule has 0 bridgehead atoms. The normalized spacial score (nSPS) is 18.6. The summed E-state index contributed by atoms with van der Waals surface area (Å²) in [5, 5.41) is 0. The number of benzene rings is 1. The van der Waals surface area contributed by atoms with E-state index >= 15 is 0 Å². The van der Waals surface area contributed by atoms with E-state index in [0.29, 0.717) is 0 Å². The molecule has 0 atom stereocenters. The molecule has 14 heavy (non-hydrogen) atoms. The van der Waals surface area contributed by atoms with Gasteiger partial charge in [0.25, 0.3) is 0 Å². The standard InChI is InChI=1S/C11H11N3/c1-2-5-10-9(4-1)13-8-11-12-6-3-7-14(10)11/h1-2,4-5,8H,3,6-7H2. The fourth-order valence-corrected chi connectivity index (χ4v) is 1.91. The molecule has 2 heterocycles. The minimum absolute atomic E-state index is 0.931. The van der Waals surface area contributed by atoms with Crippen LogP contribution in [0.15, 0.2) is 34.3 Å². The van der Waals surface area contributed by atoms with Crippen molar-refractivity contribution in [3.63, 3.8) is 0 Å². The maximum Gasteiger partial charge on any atom is 0.146 e. The lowest BCUT2D eigenvalue weighted by Gasteiger charge is -2.30. The van der Waals surface area contributed by atoms with E-state index < -0.39 is 0 Å². The van der Waals surface area contributed by atoms with Crippen molar-refractivity contribution in [1.82, 2.24) is 0 Å². The van der Waals surface area contributed by atoms with E-state index in [1.807, 2.05) is 24.4 Å². The Morgan fingerprint density at radius 1 is 1.21 bits per heavy atom. The number of nitrogens with zero attached hydrogens (tertiary/aromatic N) is 3. The number of hydrogen-bond donors (Lipinski definition) is 0. The van der Waals surface area contributed by atoms with Crippen LogP contribution < -0.4 is 4.90 Å². The Morgan fingerprint density at radius 3 is 3.14 bits per heavy atom. The molecule has 0 amide bonds. The van der Waals surface area contributed by atoms with Gasteiger partial charge in [0.15, 0.2) is 0 Å². The van der Waals surface area contributed by atoms with Crippen molar-refractivity contribution in [1.29, 1.82) is 0 Å². The molecule has 0 spiro atoms. The van der Waals surface area contributed by atoms with E-state index in [9.17, 15) is 0 Å². The van der Waals surface area contributed by atoms with Crippen LogP contribution in [0.2, 0.25) is 0 Å². The summed E-state index contributed by atoms with van der Waals surface area (Å²) in [7, 11) is 0. The molecule has 0 radical (unpaired) electrons. The van der Waals surface area contributed by atoms with E-state index in [2.05, 4.69) is 21.0 Å². The Hall–Kier alpha value is -1.64. The highest BCUT2D eigenvalue weighted by atomic mass is 15.2. The predicted octanol–water partition coefficient (Wildman–Crippen LogP) is 2.01. The number of aliphatic imine (C=N–C) groups is 2. The van der Waals surface area contributed by atoms with Crippen LogP contribution in [-0.2, 0) is 0 Å². The molecule has 0 fully saturated rings. The summed E-state index contributed by atoms with van der Waals surface area (Å²) in [5.41, 5.74) is 2.24. The van der Waals surface area contributed by atoms with Gasteiger partial charge in [0.1, 0.15) is 5.84 Å². The van der Waals surface area contributed by atoms with Crippen molar-refractivity contribution < 1.29 is 0 Å². The molecule has 1 aromatic carbocycles. The quantitative estimate of drug-likeness (QED) is 0.607. The monoisotopic (exact) mass is 185 g/mol. The zero-order chi connectivity index (χ0) is 9.38. The van der Waals surface area contributed by atoms with E-state index in [1.54, 1.807) is 0 Å². The second-order valence-electron chi connectivity index (χ2n) is 3.49. The minimum atomic E-state index is 0.931. The van der Waals surface area contributed by atoms with Gasteiger partial charge in [-0.3, -0.25) is 9.98 Å². The first-order valence-electron chi connectivity index (χ1n) is 4.90. The lowest BCUT2D eigenvalue weighted by atomic mass is 10.2. The number of para-hydroxylation sites is 2. The minimum Gasteiger partial charge on any atom is -0.323 e. The van der Waals surface area contributed by atoms with Crippen LogP contribution in [-0.4, -0.2) is 25.1 Å². The Balaban J connectivity index is 2.15. The summed E-state index contributed by atoms with van der Waals surface area (Å²) in [6.45, 7) is 1.99. The smallest absolute Gasteiger partial charge is 0.146 e.